The van der Waals surface area contributed by atoms with Crippen LogP contribution in [0.2, 0.25) is 0 Å². The number of hydrogen-bond acceptors (Lipinski definition) is 6. The molecule has 0 radical (unpaired) electrons. The van der Waals surface area contributed by atoms with Crippen LogP contribution < -0.4 is 10.9 Å². The third kappa shape index (κ3) is 8.11. The number of ether oxygens (including phenoxy) is 1. The van der Waals surface area contributed by atoms with Crippen molar-refractivity contribution < 1.29 is 14.3 Å². The van der Waals surface area contributed by atoms with Crippen LogP contribution in [0.15, 0.2) is 59.8 Å². The van der Waals surface area contributed by atoms with Gasteiger partial charge in [-0.15, -0.1) is 0 Å². The van der Waals surface area contributed by atoms with Crippen molar-refractivity contribution in [2.24, 2.45) is 5.92 Å². The van der Waals surface area contributed by atoms with Gasteiger partial charge < -0.3 is 19.5 Å². The van der Waals surface area contributed by atoms with Gasteiger partial charge in [0.15, 0.2) is 0 Å². The molecule has 0 aliphatic carbocycles. The zero-order valence-corrected chi connectivity index (χ0v) is 24.7. The van der Waals surface area contributed by atoms with E-state index in [0.29, 0.717) is 12.0 Å². The molecule has 0 fully saturated rings. The Kier molecular flexibility index (Phi) is 10.8. The van der Waals surface area contributed by atoms with Gasteiger partial charge in [-0.1, -0.05) is 32.0 Å². The summed E-state index contributed by atoms with van der Waals surface area (Å²) in [7, 11) is 5.30. The quantitative estimate of drug-likeness (QED) is 0.333. The molecule has 2 heterocycles. The molecule has 3 aromatic rings. The first-order chi connectivity index (χ1) is 19.0. The fourth-order valence-corrected chi connectivity index (χ4v) is 4.91. The van der Waals surface area contributed by atoms with Crippen molar-refractivity contribution in [1.29, 1.82) is 0 Å². The third-order valence-electron chi connectivity index (χ3n) is 7.04. The lowest BCUT2D eigenvalue weighted by Gasteiger charge is -2.25. The van der Waals surface area contributed by atoms with Crippen LogP contribution in [-0.4, -0.2) is 54.1 Å². The van der Waals surface area contributed by atoms with Gasteiger partial charge in [0.2, 0.25) is 5.91 Å². The Morgan fingerprint density at radius 3 is 2.38 bits per heavy atom. The van der Waals surface area contributed by atoms with Crippen molar-refractivity contribution in [1.82, 2.24) is 19.8 Å². The average molecular weight is 547 g/mol. The fourth-order valence-electron chi connectivity index (χ4n) is 4.91. The Labute approximate surface area is 237 Å². The third-order valence-corrected chi connectivity index (χ3v) is 7.04. The SMILES string of the molecule is COC(=O)CC(NC(=O)C(CC(C)C)n1ccc(CCN(C)C)cc1=O)c1cncc(-c2c(C)cccc2C)c1. The summed E-state index contributed by atoms with van der Waals surface area (Å²) in [4.78, 5) is 45.9. The Hall–Kier alpha value is -3.78. The van der Waals surface area contributed by atoms with Crippen molar-refractivity contribution in [3.63, 3.8) is 0 Å². The number of rotatable bonds is 12. The molecule has 8 heteroatoms. The van der Waals surface area contributed by atoms with E-state index in [2.05, 4.69) is 15.2 Å². The molecule has 3 rings (SSSR count). The van der Waals surface area contributed by atoms with Crippen LogP contribution in [0.3, 0.4) is 0 Å². The summed E-state index contributed by atoms with van der Waals surface area (Å²) in [5, 5.41) is 3.05. The highest BCUT2D eigenvalue weighted by atomic mass is 16.5. The number of benzene rings is 1. The van der Waals surface area contributed by atoms with Gasteiger partial charge in [0.25, 0.3) is 5.56 Å². The summed E-state index contributed by atoms with van der Waals surface area (Å²) in [6, 6.07) is 10.2. The Morgan fingerprint density at radius 2 is 1.77 bits per heavy atom. The molecule has 0 saturated carbocycles. The van der Waals surface area contributed by atoms with Crippen molar-refractivity contribution in [2.45, 2.75) is 59.0 Å². The van der Waals surface area contributed by atoms with E-state index in [9.17, 15) is 14.4 Å². The Bertz CT molecular complexity index is 1360. The molecule has 2 unspecified atom stereocenters. The number of pyridine rings is 2. The van der Waals surface area contributed by atoms with Crippen LogP contribution in [0.1, 0.15) is 61.0 Å². The summed E-state index contributed by atoms with van der Waals surface area (Å²) < 4.78 is 6.44. The van der Waals surface area contributed by atoms with Gasteiger partial charge in [-0.3, -0.25) is 19.4 Å². The van der Waals surface area contributed by atoms with Gasteiger partial charge in [0.1, 0.15) is 6.04 Å². The van der Waals surface area contributed by atoms with Crippen LogP contribution in [-0.2, 0) is 20.7 Å². The minimum Gasteiger partial charge on any atom is -0.469 e. The number of carbonyl (C=O) groups is 2. The number of hydrogen-bond donors (Lipinski definition) is 1. The van der Waals surface area contributed by atoms with Gasteiger partial charge in [0.05, 0.1) is 19.6 Å². The van der Waals surface area contributed by atoms with Crippen molar-refractivity contribution in [3.05, 3.63) is 87.6 Å². The van der Waals surface area contributed by atoms with Gasteiger partial charge in [0, 0.05) is 36.8 Å². The highest BCUT2D eigenvalue weighted by Gasteiger charge is 2.27. The molecule has 1 aromatic carbocycles. The molecule has 0 aliphatic heterocycles. The molecule has 8 nitrogen and oxygen atoms in total. The molecule has 0 aliphatic rings. The molecule has 0 spiro atoms. The predicted molar refractivity (Wildman–Crippen MR) is 158 cm³/mol. The first kappa shape index (κ1) is 30.8. The molecule has 0 bridgehead atoms. The maximum atomic E-state index is 13.8. The van der Waals surface area contributed by atoms with E-state index in [1.807, 2.05) is 72.1 Å². The number of esters is 1. The Morgan fingerprint density at radius 1 is 1.07 bits per heavy atom. The van der Waals surface area contributed by atoms with Crippen molar-refractivity contribution >= 4 is 11.9 Å². The number of methoxy groups -OCH3 is 1. The first-order valence-corrected chi connectivity index (χ1v) is 13.7. The molecule has 40 heavy (non-hydrogen) atoms. The van der Waals surface area contributed by atoms with Gasteiger partial charge in [-0.25, -0.2) is 0 Å². The standard InChI is InChI=1S/C32H42N4O4/c1-21(2)15-28(36-14-12-24(16-29(36)37)11-13-35(5)6)32(39)34-27(18-30(38)40-7)25-17-26(20-33-19-25)31-22(3)9-8-10-23(31)4/h8-10,12,14,16-17,19-21,27-28H,11,13,15,18H2,1-7H3,(H,34,39). The van der Waals surface area contributed by atoms with Gasteiger partial charge >= 0.3 is 5.97 Å². The highest BCUT2D eigenvalue weighted by molar-refractivity contribution is 5.82. The molecule has 2 aromatic heterocycles. The Balaban J connectivity index is 1.96. The molecule has 2 atom stereocenters. The van der Waals surface area contributed by atoms with E-state index in [1.165, 1.54) is 11.7 Å². The van der Waals surface area contributed by atoms with E-state index in [0.717, 1.165) is 40.8 Å². The minimum absolute atomic E-state index is 0.0626. The second-order valence-electron chi connectivity index (χ2n) is 11.1. The molecule has 0 saturated heterocycles. The lowest BCUT2D eigenvalue weighted by molar-refractivity contribution is -0.141. The fraction of sp³-hybridized carbons (Fsp3) is 0.438. The van der Waals surface area contributed by atoms with E-state index < -0.39 is 18.1 Å². The number of likely N-dealkylation sites (N-methyl/N-ethyl adjacent to an activating group) is 1. The number of aromatic nitrogens is 2. The van der Waals surface area contributed by atoms with Crippen LogP contribution >= 0.6 is 0 Å². The normalized spacial score (nSPS) is 12.8. The number of amides is 1. The maximum Gasteiger partial charge on any atom is 0.307 e. The topological polar surface area (TPSA) is 93.5 Å². The van der Waals surface area contributed by atoms with Crippen LogP contribution in [0.4, 0.5) is 0 Å². The molecule has 1 amide bonds. The largest absolute Gasteiger partial charge is 0.469 e. The molecular weight excluding hydrogens is 504 g/mol. The van der Waals surface area contributed by atoms with E-state index in [4.69, 9.17) is 4.74 Å². The van der Waals surface area contributed by atoms with E-state index in [1.54, 1.807) is 24.7 Å². The van der Waals surface area contributed by atoms with Crippen molar-refractivity contribution in [2.75, 3.05) is 27.7 Å². The molecule has 1 N–H and O–H groups in total. The van der Waals surface area contributed by atoms with Crippen LogP contribution in [0.5, 0.6) is 0 Å². The summed E-state index contributed by atoms with van der Waals surface area (Å²) >= 11 is 0. The van der Waals surface area contributed by atoms with Crippen LogP contribution in [0.25, 0.3) is 11.1 Å². The average Bonchev–Trinajstić information content (AvgIpc) is 2.90. The zero-order chi connectivity index (χ0) is 29.4. The van der Waals surface area contributed by atoms with Crippen molar-refractivity contribution in [3.8, 4) is 11.1 Å². The summed E-state index contributed by atoms with van der Waals surface area (Å²) in [6.45, 7) is 8.94. The summed E-state index contributed by atoms with van der Waals surface area (Å²) in [5.41, 5.74) is 5.58. The lowest BCUT2D eigenvalue weighted by atomic mass is 9.94. The van der Waals surface area contributed by atoms with E-state index >= 15 is 0 Å². The van der Waals surface area contributed by atoms with Gasteiger partial charge in [-0.05, 0) is 86.7 Å². The van der Waals surface area contributed by atoms with Crippen LogP contribution in [0, 0.1) is 19.8 Å². The second-order valence-corrected chi connectivity index (χ2v) is 11.1. The maximum absolute atomic E-state index is 13.8. The number of nitrogens with one attached hydrogen (secondary N) is 1. The lowest BCUT2D eigenvalue weighted by Crippen LogP contribution is -2.40. The molecular formula is C32H42N4O4. The second kappa shape index (κ2) is 14.0. The molecule has 214 valence electrons. The first-order valence-electron chi connectivity index (χ1n) is 13.7. The monoisotopic (exact) mass is 546 g/mol. The highest BCUT2D eigenvalue weighted by Crippen LogP contribution is 2.30. The van der Waals surface area contributed by atoms with Gasteiger partial charge in [-0.2, -0.15) is 0 Å². The van der Waals surface area contributed by atoms with E-state index in [-0.39, 0.29) is 23.8 Å². The minimum atomic E-state index is -0.731. The summed E-state index contributed by atoms with van der Waals surface area (Å²) in [6.07, 6.45) is 6.30. The number of nitrogens with zero attached hydrogens (tertiary/aromatic N) is 3. The number of aryl methyl sites for hydroxylation is 2. The smallest absolute Gasteiger partial charge is 0.307 e. The number of carbonyl (C=O) groups excluding carboxylic acids is 2. The zero-order valence-electron chi connectivity index (χ0n) is 24.7. The predicted octanol–water partition coefficient (Wildman–Crippen LogP) is 4.64. The summed E-state index contributed by atoms with van der Waals surface area (Å²) in [5.74, 6) is -0.627.